The molecular formula is C19H14N6O3S. The summed E-state index contributed by atoms with van der Waals surface area (Å²) in [5.41, 5.74) is 2.29. The maximum atomic E-state index is 12.3. The highest BCUT2D eigenvalue weighted by Crippen LogP contribution is 2.28. The Bertz CT molecular complexity index is 1290. The van der Waals surface area contributed by atoms with Crippen molar-refractivity contribution in [2.24, 2.45) is 0 Å². The average molecular weight is 406 g/mol. The molecule has 2 heterocycles. The van der Waals surface area contributed by atoms with Crippen molar-refractivity contribution < 1.29 is 9.90 Å². The average Bonchev–Trinajstić information content (AvgIpc) is 3.18. The summed E-state index contributed by atoms with van der Waals surface area (Å²) in [7, 11) is 0. The van der Waals surface area contributed by atoms with Gasteiger partial charge in [0.1, 0.15) is 11.4 Å². The first-order valence-electron chi connectivity index (χ1n) is 8.46. The second kappa shape index (κ2) is 7.52. The topological polar surface area (TPSA) is 140 Å². The summed E-state index contributed by atoms with van der Waals surface area (Å²) in [6, 6.07) is 16.5. The highest BCUT2D eigenvalue weighted by molar-refractivity contribution is 7.71. The third-order valence-corrected chi connectivity index (χ3v) is 4.37. The van der Waals surface area contributed by atoms with Crippen LogP contribution in [0.2, 0.25) is 0 Å². The van der Waals surface area contributed by atoms with Gasteiger partial charge < -0.3 is 15.4 Å². The molecule has 5 N–H and O–H groups in total. The van der Waals surface area contributed by atoms with E-state index in [1.54, 1.807) is 24.3 Å². The minimum Gasteiger partial charge on any atom is -0.494 e. The molecule has 0 unspecified atom stereocenters. The predicted molar refractivity (Wildman–Crippen MR) is 109 cm³/mol. The number of aromatic amines is 3. The van der Waals surface area contributed by atoms with Crippen molar-refractivity contribution >= 4 is 23.8 Å². The van der Waals surface area contributed by atoms with Gasteiger partial charge in [-0.05, 0) is 24.4 Å². The van der Waals surface area contributed by atoms with Crippen LogP contribution < -0.4 is 10.9 Å². The molecule has 0 radical (unpaired) electrons. The van der Waals surface area contributed by atoms with E-state index in [1.165, 1.54) is 0 Å². The third kappa shape index (κ3) is 3.69. The van der Waals surface area contributed by atoms with E-state index < -0.39 is 22.9 Å². The van der Waals surface area contributed by atoms with Crippen molar-refractivity contribution in [1.82, 2.24) is 25.4 Å². The summed E-state index contributed by atoms with van der Waals surface area (Å²) in [5, 5.41) is 23.4. The number of hydrogen-bond donors (Lipinski definition) is 5. The molecule has 0 aliphatic heterocycles. The summed E-state index contributed by atoms with van der Waals surface area (Å²) in [5.74, 6) is -1.36. The fourth-order valence-corrected chi connectivity index (χ4v) is 3.01. The summed E-state index contributed by atoms with van der Waals surface area (Å²) in [6.07, 6.45) is 0. The Kier molecular flexibility index (Phi) is 4.75. The normalized spacial score (nSPS) is 10.6. The van der Waals surface area contributed by atoms with Crippen LogP contribution in [0.25, 0.3) is 22.5 Å². The zero-order chi connectivity index (χ0) is 20.4. The van der Waals surface area contributed by atoms with Crippen molar-refractivity contribution in [3.05, 3.63) is 75.3 Å². The summed E-state index contributed by atoms with van der Waals surface area (Å²) < 4.78 is -0.0739. The molecule has 0 aliphatic carbocycles. The number of hydrogen-bond acceptors (Lipinski definition) is 6. The molecule has 144 valence electrons. The van der Waals surface area contributed by atoms with Crippen LogP contribution in [0.4, 0.5) is 5.69 Å². The molecule has 0 atom stereocenters. The molecule has 0 fully saturated rings. The van der Waals surface area contributed by atoms with E-state index in [2.05, 4.69) is 30.7 Å². The van der Waals surface area contributed by atoms with E-state index in [0.29, 0.717) is 17.1 Å². The number of nitrogens with zero attached hydrogens (tertiary/aromatic N) is 2. The number of nitrogens with one attached hydrogen (secondary N) is 4. The Balaban J connectivity index is 1.59. The number of rotatable bonds is 4. The minimum absolute atomic E-state index is 0.0739. The molecule has 9 nitrogen and oxygen atoms in total. The van der Waals surface area contributed by atoms with Crippen LogP contribution in [0.1, 0.15) is 10.4 Å². The van der Waals surface area contributed by atoms with Gasteiger partial charge >= 0.3 is 0 Å². The van der Waals surface area contributed by atoms with Gasteiger partial charge in [-0.15, -0.1) is 0 Å². The number of carbonyl (C=O) groups is 1. The number of carbonyl (C=O) groups excluding carboxylic acids is 1. The molecule has 0 bridgehead atoms. The Morgan fingerprint density at radius 2 is 1.55 bits per heavy atom. The van der Waals surface area contributed by atoms with Crippen LogP contribution >= 0.6 is 12.2 Å². The van der Waals surface area contributed by atoms with Crippen LogP contribution in [-0.2, 0) is 0 Å². The van der Waals surface area contributed by atoms with Gasteiger partial charge in [-0.1, -0.05) is 42.5 Å². The monoisotopic (exact) mass is 406 g/mol. The molecular weight excluding hydrogens is 392 g/mol. The SMILES string of the molecule is O=C(Nc1ccc(-c2n[nH]nc2-c2ccccc2)cc1)c1c(O)[nH]c(=S)[nH]c1=O. The predicted octanol–water partition coefficient (Wildman–Crippen LogP) is 2.84. The number of H-pyrrole nitrogens is 3. The van der Waals surface area contributed by atoms with Crippen LogP contribution in [0, 0.1) is 4.77 Å². The molecule has 0 saturated carbocycles. The third-order valence-electron chi connectivity index (χ3n) is 4.16. The lowest BCUT2D eigenvalue weighted by Crippen LogP contribution is -2.24. The fourth-order valence-electron chi connectivity index (χ4n) is 2.82. The van der Waals surface area contributed by atoms with Crippen LogP contribution in [0.5, 0.6) is 5.88 Å². The minimum atomic E-state index is -0.782. The van der Waals surface area contributed by atoms with E-state index in [9.17, 15) is 14.7 Å². The van der Waals surface area contributed by atoms with Crippen LogP contribution in [0.15, 0.2) is 59.4 Å². The van der Waals surface area contributed by atoms with Gasteiger partial charge in [0.05, 0.1) is 0 Å². The number of anilines is 1. The maximum Gasteiger partial charge on any atom is 0.268 e. The van der Waals surface area contributed by atoms with Crippen molar-refractivity contribution in [2.45, 2.75) is 0 Å². The highest BCUT2D eigenvalue weighted by Gasteiger charge is 2.17. The molecule has 2 aromatic heterocycles. The smallest absolute Gasteiger partial charge is 0.268 e. The number of amides is 1. The van der Waals surface area contributed by atoms with E-state index in [4.69, 9.17) is 12.2 Å². The fraction of sp³-hybridized carbons (Fsp3) is 0. The first-order valence-corrected chi connectivity index (χ1v) is 8.87. The zero-order valence-corrected chi connectivity index (χ0v) is 15.6. The molecule has 4 rings (SSSR count). The van der Waals surface area contributed by atoms with Gasteiger partial charge in [0.15, 0.2) is 10.3 Å². The molecule has 0 spiro atoms. The molecule has 10 heteroatoms. The van der Waals surface area contributed by atoms with Gasteiger partial charge in [-0.2, -0.15) is 15.4 Å². The van der Waals surface area contributed by atoms with Crippen molar-refractivity contribution in [3.8, 4) is 28.4 Å². The Morgan fingerprint density at radius 3 is 2.17 bits per heavy atom. The van der Waals surface area contributed by atoms with Gasteiger partial charge in [-0.25, -0.2) is 0 Å². The highest BCUT2D eigenvalue weighted by atomic mass is 32.1. The Morgan fingerprint density at radius 1 is 0.931 bits per heavy atom. The summed E-state index contributed by atoms with van der Waals surface area (Å²) in [4.78, 5) is 28.8. The van der Waals surface area contributed by atoms with E-state index in [-0.39, 0.29) is 4.77 Å². The second-order valence-electron chi connectivity index (χ2n) is 6.05. The maximum absolute atomic E-state index is 12.3. The van der Waals surface area contributed by atoms with Crippen LogP contribution in [0.3, 0.4) is 0 Å². The zero-order valence-electron chi connectivity index (χ0n) is 14.8. The summed E-state index contributed by atoms with van der Waals surface area (Å²) in [6.45, 7) is 0. The first-order chi connectivity index (χ1) is 14.0. The lowest BCUT2D eigenvalue weighted by Gasteiger charge is -2.07. The quantitative estimate of drug-likeness (QED) is 0.330. The Hall–Kier alpha value is -4.05. The molecule has 4 aromatic rings. The first kappa shape index (κ1) is 18.3. The van der Waals surface area contributed by atoms with Gasteiger partial charge in [0.2, 0.25) is 5.88 Å². The number of aromatic nitrogens is 5. The standard InChI is InChI=1S/C19H14N6O3S/c26-16(13-17(27)21-19(29)22-18(13)28)20-12-8-6-11(7-9-12)15-14(23-25-24-15)10-4-2-1-3-5-10/h1-9H,(H,20,26)(H,23,24,25)(H3,21,22,27,28,29). The molecule has 2 aromatic carbocycles. The number of benzene rings is 2. The van der Waals surface area contributed by atoms with Crippen molar-refractivity contribution in [3.63, 3.8) is 0 Å². The van der Waals surface area contributed by atoms with Gasteiger partial charge in [0.25, 0.3) is 11.5 Å². The van der Waals surface area contributed by atoms with E-state index in [0.717, 1.165) is 11.1 Å². The van der Waals surface area contributed by atoms with E-state index in [1.807, 2.05) is 30.3 Å². The van der Waals surface area contributed by atoms with Crippen molar-refractivity contribution in [1.29, 1.82) is 0 Å². The molecule has 0 aliphatic rings. The van der Waals surface area contributed by atoms with E-state index >= 15 is 0 Å². The molecule has 29 heavy (non-hydrogen) atoms. The van der Waals surface area contributed by atoms with Crippen LogP contribution in [-0.4, -0.2) is 36.4 Å². The lowest BCUT2D eigenvalue weighted by molar-refractivity contribution is 0.102. The molecule has 1 amide bonds. The molecule has 0 saturated heterocycles. The van der Waals surface area contributed by atoms with Crippen molar-refractivity contribution in [2.75, 3.05) is 5.32 Å². The second-order valence-corrected chi connectivity index (χ2v) is 6.46. The summed E-state index contributed by atoms with van der Waals surface area (Å²) >= 11 is 4.75. The van der Waals surface area contributed by atoms with Gasteiger partial charge in [-0.3, -0.25) is 14.6 Å². The largest absolute Gasteiger partial charge is 0.494 e. The van der Waals surface area contributed by atoms with Gasteiger partial charge in [0, 0.05) is 16.8 Å². The lowest BCUT2D eigenvalue weighted by atomic mass is 10.0. The number of aromatic hydroxyl groups is 1. The Labute approximate surface area is 168 Å².